The maximum absolute atomic E-state index is 14.0. The average Bonchev–Trinajstić information content (AvgIpc) is 3.34. The molecule has 0 saturated carbocycles. The number of carboxylic acids is 2. The number of guanidine groups is 1. The lowest BCUT2D eigenvalue weighted by atomic mass is 9.92. The highest BCUT2D eigenvalue weighted by atomic mass is 16.7. The van der Waals surface area contributed by atoms with E-state index in [1.165, 1.54) is 110 Å². The van der Waals surface area contributed by atoms with Gasteiger partial charge in [-0.2, -0.15) is 0 Å². The molecule has 1 fully saturated rings. The molecular weight excluding hydrogens is 919 g/mol. The predicted molar refractivity (Wildman–Crippen MR) is 275 cm³/mol. The first-order valence-electron chi connectivity index (χ1n) is 27.0. The number of carbonyl (C=O) groups excluding carboxylic acids is 3. The number of hydrogen-bond acceptors (Lipinski definition) is 13. The zero-order valence-electron chi connectivity index (χ0n) is 43.8. The van der Waals surface area contributed by atoms with Crippen molar-refractivity contribution in [2.75, 3.05) is 26.8 Å². The summed E-state index contributed by atoms with van der Waals surface area (Å²) in [5, 5.41) is 66.1. The number of aliphatic hydroxyl groups is 4. The van der Waals surface area contributed by atoms with E-state index in [-0.39, 0.29) is 24.2 Å². The van der Waals surface area contributed by atoms with E-state index in [0.717, 1.165) is 51.4 Å². The van der Waals surface area contributed by atoms with Gasteiger partial charge in [0.2, 0.25) is 17.7 Å². The minimum atomic E-state index is -1.73. The molecule has 0 aliphatic carbocycles. The van der Waals surface area contributed by atoms with Crippen LogP contribution in [0.25, 0.3) is 0 Å². The summed E-state index contributed by atoms with van der Waals surface area (Å²) in [6, 6.07) is -3.43. The van der Waals surface area contributed by atoms with Crippen molar-refractivity contribution in [2.24, 2.45) is 28.1 Å². The third-order valence-electron chi connectivity index (χ3n) is 12.9. The molecule has 0 aromatic rings. The van der Waals surface area contributed by atoms with Gasteiger partial charge in [-0.05, 0) is 32.1 Å². The molecule has 20 heteroatoms. The quantitative estimate of drug-likeness (QED) is 0.0225. The Labute approximate surface area is 424 Å². The molecule has 71 heavy (non-hydrogen) atoms. The van der Waals surface area contributed by atoms with E-state index in [4.69, 9.17) is 31.8 Å². The van der Waals surface area contributed by atoms with Crippen molar-refractivity contribution >= 4 is 35.6 Å². The third-order valence-corrected chi connectivity index (χ3v) is 12.9. The number of carboxylic acid groups (broad SMARTS) is 2. The van der Waals surface area contributed by atoms with Crippen LogP contribution in [0.4, 0.5) is 0 Å². The molecule has 416 valence electrons. The zero-order valence-corrected chi connectivity index (χ0v) is 43.8. The highest BCUT2D eigenvalue weighted by Gasteiger charge is 2.44. The van der Waals surface area contributed by atoms with Crippen LogP contribution in [0.2, 0.25) is 0 Å². The Morgan fingerprint density at radius 2 is 1.04 bits per heavy atom. The minimum Gasteiger partial charge on any atom is -0.481 e. The predicted octanol–water partition coefficient (Wildman–Crippen LogP) is 4.63. The van der Waals surface area contributed by atoms with Crippen LogP contribution in [0.3, 0.4) is 0 Å². The van der Waals surface area contributed by atoms with Crippen molar-refractivity contribution in [1.82, 2.24) is 16.0 Å². The number of unbranched alkanes of at least 4 members (excludes halogenated alkanes) is 22. The summed E-state index contributed by atoms with van der Waals surface area (Å²) in [4.78, 5) is 65.6. The van der Waals surface area contributed by atoms with Crippen LogP contribution in [0.15, 0.2) is 4.99 Å². The summed E-state index contributed by atoms with van der Waals surface area (Å²) in [5.41, 5.74) is 15.3. The van der Waals surface area contributed by atoms with E-state index in [1.54, 1.807) is 0 Å². The van der Waals surface area contributed by atoms with Crippen LogP contribution in [0, 0.1) is 5.92 Å². The van der Waals surface area contributed by atoms with Crippen molar-refractivity contribution in [1.29, 1.82) is 0 Å². The monoisotopic (exact) mass is 1020 g/mol. The second kappa shape index (κ2) is 43.9. The fourth-order valence-electron chi connectivity index (χ4n) is 8.36. The highest BCUT2D eigenvalue weighted by Crippen LogP contribution is 2.24. The van der Waals surface area contributed by atoms with Crippen molar-refractivity contribution < 1.29 is 64.1 Å². The van der Waals surface area contributed by atoms with Crippen LogP contribution < -0.4 is 33.2 Å². The molecule has 0 radical (unpaired) electrons. The number of rotatable bonds is 43. The van der Waals surface area contributed by atoms with E-state index in [1.807, 2.05) is 0 Å². The third kappa shape index (κ3) is 34.4. The van der Waals surface area contributed by atoms with Crippen molar-refractivity contribution in [3.63, 3.8) is 0 Å². The molecule has 0 bridgehead atoms. The van der Waals surface area contributed by atoms with E-state index in [0.29, 0.717) is 32.2 Å². The standard InChI is InChI=1S/C45H85N3O11.C6H14N4O2/c1-4-6-8-10-12-14-16-18-20-22-24-26-28-34(29-27-25-23-21-19-17-15-13-11-9-7-5-2)42(55)48-36(44(57)47-35(43(56)46-3)30-31-38(50)51)33-58-45-41(54)40(53)39(52)37(32-49)59-45;7-4(5(11)12)2-1-3-10-6(8)9/h34-37,39-41,45,49,52-54H,4-33H2,1-3H3,(H,46,56)(H,47,57)(H,48,55)(H,50,51);4H,1-3,7H2,(H,11,12)(H4,8,9,10)/t35-,36+,37-,39-,40+,41+,45+;4-/m11/s1. The first-order chi connectivity index (χ1) is 34.0. The lowest BCUT2D eigenvalue weighted by Crippen LogP contribution is -2.60. The minimum absolute atomic E-state index is 0.0129. The average molecular weight is 1020 g/mol. The molecule has 0 aromatic heterocycles. The molecule has 3 amide bonds. The lowest BCUT2D eigenvalue weighted by Gasteiger charge is -2.40. The zero-order chi connectivity index (χ0) is 53.2. The number of nitrogens with two attached hydrogens (primary N) is 3. The van der Waals surface area contributed by atoms with Crippen LogP contribution in [0.1, 0.15) is 206 Å². The molecule has 1 aliphatic rings. The van der Waals surface area contributed by atoms with E-state index in [2.05, 4.69) is 34.8 Å². The lowest BCUT2D eigenvalue weighted by molar-refractivity contribution is -0.301. The van der Waals surface area contributed by atoms with Crippen molar-refractivity contribution in [3.05, 3.63) is 0 Å². The summed E-state index contributed by atoms with van der Waals surface area (Å²) in [6.07, 6.45) is 22.6. The molecule has 15 N–H and O–H groups in total. The summed E-state index contributed by atoms with van der Waals surface area (Å²) in [6.45, 7) is 3.65. The SMILES string of the molecule is CCCCCCCCCCCCCCC(CCCCCCCCCCCCCC)C(=O)N[C@@H](CO[C@H]1O[C@H](CO)[C@@H](O)[C@H](O)[C@@H]1O)C(=O)N[C@H](CCC(=O)O)C(=O)NC.NC(N)=NCCC[C@@H](N)C(=O)O. The van der Waals surface area contributed by atoms with E-state index < -0.39 is 92.2 Å². The first kappa shape index (κ1) is 67.3. The number of amides is 3. The fraction of sp³-hybridized carbons (Fsp3) is 0.882. The number of hydrogen-bond donors (Lipinski definition) is 12. The van der Waals surface area contributed by atoms with Crippen LogP contribution in [0.5, 0.6) is 0 Å². The molecule has 1 saturated heterocycles. The Kier molecular flexibility index (Phi) is 41.6. The smallest absolute Gasteiger partial charge is 0.320 e. The molecule has 1 heterocycles. The maximum Gasteiger partial charge on any atom is 0.320 e. The van der Waals surface area contributed by atoms with Crippen LogP contribution in [-0.4, -0.2) is 142 Å². The Balaban J connectivity index is 0.00000357. The molecule has 0 aromatic carbocycles. The number of ether oxygens (including phenoxy) is 2. The van der Waals surface area contributed by atoms with Gasteiger partial charge in [0.15, 0.2) is 12.2 Å². The van der Waals surface area contributed by atoms with Crippen molar-refractivity contribution in [3.8, 4) is 0 Å². The normalized spacial score (nSPS) is 18.9. The number of carbonyl (C=O) groups is 5. The Morgan fingerprint density at radius 1 is 0.592 bits per heavy atom. The second-order valence-corrected chi connectivity index (χ2v) is 19.1. The topological polar surface area (TPSA) is 352 Å². The van der Waals surface area contributed by atoms with Crippen LogP contribution >= 0.6 is 0 Å². The van der Waals surface area contributed by atoms with Gasteiger partial charge in [-0.1, -0.05) is 168 Å². The number of likely N-dealkylation sites (N-methyl/N-ethyl adjacent to an activating group) is 1. The number of nitrogens with zero attached hydrogens (tertiary/aromatic N) is 1. The number of aliphatic carboxylic acids is 2. The Bertz CT molecular complexity index is 1400. The van der Waals surface area contributed by atoms with Gasteiger partial charge >= 0.3 is 11.9 Å². The summed E-state index contributed by atoms with van der Waals surface area (Å²) in [7, 11) is 1.36. The van der Waals surface area contributed by atoms with E-state index in [9.17, 15) is 49.5 Å². The number of nitrogens with one attached hydrogen (secondary N) is 3. The highest BCUT2D eigenvalue weighted by molar-refractivity contribution is 5.92. The Hall–Kier alpha value is -3.66. The van der Waals surface area contributed by atoms with Gasteiger partial charge in [0.1, 0.15) is 42.5 Å². The Morgan fingerprint density at radius 3 is 1.45 bits per heavy atom. The van der Waals surface area contributed by atoms with Crippen molar-refractivity contribution in [2.45, 2.75) is 255 Å². The molecule has 8 atom stereocenters. The number of aliphatic imine (C=N–C) groups is 1. The van der Waals surface area contributed by atoms with E-state index >= 15 is 0 Å². The molecule has 1 rings (SSSR count). The van der Waals surface area contributed by atoms with Gasteiger partial charge < -0.3 is 73.3 Å². The molecule has 20 nitrogen and oxygen atoms in total. The maximum atomic E-state index is 14.0. The first-order valence-corrected chi connectivity index (χ1v) is 27.0. The fourth-order valence-corrected chi connectivity index (χ4v) is 8.36. The van der Waals surface area contributed by atoms with Gasteiger partial charge in [-0.25, -0.2) is 0 Å². The number of aliphatic hydroxyl groups excluding tert-OH is 4. The molecule has 0 unspecified atom stereocenters. The van der Waals surface area contributed by atoms with Crippen LogP contribution in [-0.2, 0) is 33.4 Å². The summed E-state index contributed by atoms with van der Waals surface area (Å²) in [5.74, 6) is -4.30. The summed E-state index contributed by atoms with van der Waals surface area (Å²) < 4.78 is 11.2. The second-order valence-electron chi connectivity index (χ2n) is 19.1. The molecule has 1 aliphatic heterocycles. The van der Waals surface area contributed by atoms with Gasteiger partial charge in [0.05, 0.1) is 13.2 Å². The van der Waals surface area contributed by atoms with Gasteiger partial charge in [0, 0.05) is 25.9 Å². The largest absolute Gasteiger partial charge is 0.481 e. The van der Waals surface area contributed by atoms with Gasteiger partial charge in [-0.3, -0.25) is 29.0 Å². The summed E-state index contributed by atoms with van der Waals surface area (Å²) >= 11 is 0. The molecule has 0 spiro atoms. The van der Waals surface area contributed by atoms with Gasteiger partial charge in [-0.15, -0.1) is 0 Å². The van der Waals surface area contributed by atoms with Gasteiger partial charge in [0.25, 0.3) is 0 Å². The molecular formula is C51H99N7O13.